The summed E-state index contributed by atoms with van der Waals surface area (Å²) in [5, 5.41) is 0. The van der Waals surface area contributed by atoms with E-state index in [0.29, 0.717) is 5.41 Å². The van der Waals surface area contributed by atoms with E-state index >= 15 is 0 Å². The molecule has 1 aliphatic rings. The first-order chi connectivity index (χ1) is 10.2. The highest BCUT2D eigenvalue weighted by Gasteiger charge is 2.38. The van der Waals surface area contributed by atoms with E-state index in [9.17, 15) is 0 Å². The molecule has 0 unspecified atom stereocenters. The highest BCUT2D eigenvalue weighted by atomic mass is 16.5. The van der Waals surface area contributed by atoms with Crippen molar-refractivity contribution < 1.29 is 4.74 Å². The number of hydrogen-bond acceptors (Lipinski definition) is 1. The summed E-state index contributed by atoms with van der Waals surface area (Å²) in [4.78, 5) is 0. The minimum absolute atomic E-state index is 0.415. The summed E-state index contributed by atoms with van der Waals surface area (Å²) in [6, 6.07) is 9.00. The summed E-state index contributed by atoms with van der Waals surface area (Å²) in [7, 11) is 0. The van der Waals surface area contributed by atoms with E-state index in [1.54, 1.807) is 5.56 Å². The van der Waals surface area contributed by atoms with Crippen LogP contribution in [0, 0.1) is 5.92 Å². The van der Waals surface area contributed by atoms with Crippen molar-refractivity contribution in [3.8, 4) is 5.75 Å². The lowest BCUT2D eigenvalue weighted by atomic mass is 9.61. The summed E-state index contributed by atoms with van der Waals surface area (Å²) < 4.78 is 5.61. The molecule has 0 heterocycles. The third-order valence-corrected chi connectivity index (χ3v) is 5.42. The first kappa shape index (κ1) is 16.4. The minimum Gasteiger partial charge on any atom is -0.494 e. The molecule has 0 saturated heterocycles. The largest absolute Gasteiger partial charge is 0.494 e. The Bertz CT molecular complexity index is 408. The molecule has 0 spiro atoms. The second kappa shape index (κ2) is 7.87. The number of unbranched alkanes of at least 4 members (excludes halogenated alkanes) is 2. The van der Waals surface area contributed by atoms with Crippen LogP contribution in [0.2, 0.25) is 0 Å². The molecule has 1 heteroatoms. The molecular weight excluding hydrogens is 256 g/mol. The maximum atomic E-state index is 5.61. The molecule has 1 fully saturated rings. The van der Waals surface area contributed by atoms with Crippen molar-refractivity contribution in [2.24, 2.45) is 5.92 Å². The van der Waals surface area contributed by atoms with Crippen LogP contribution in [0.5, 0.6) is 5.75 Å². The molecule has 21 heavy (non-hydrogen) atoms. The molecule has 1 aromatic carbocycles. The number of rotatable bonds is 7. The second-order valence-electron chi connectivity index (χ2n) is 6.72. The molecule has 1 aliphatic carbocycles. The molecule has 118 valence electrons. The van der Waals surface area contributed by atoms with Crippen LogP contribution in [-0.4, -0.2) is 6.61 Å². The van der Waals surface area contributed by atoms with Gasteiger partial charge in [0.2, 0.25) is 0 Å². The Morgan fingerprint density at radius 3 is 2.48 bits per heavy atom. The Morgan fingerprint density at radius 1 is 1.10 bits per heavy atom. The van der Waals surface area contributed by atoms with Crippen molar-refractivity contribution in [2.75, 3.05) is 6.61 Å². The van der Waals surface area contributed by atoms with Crippen LogP contribution in [0.25, 0.3) is 0 Å². The fourth-order valence-corrected chi connectivity index (χ4v) is 4.10. The van der Waals surface area contributed by atoms with Gasteiger partial charge in [-0.05, 0) is 55.2 Å². The van der Waals surface area contributed by atoms with Gasteiger partial charge in [0, 0.05) is 0 Å². The Hall–Kier alpha value is -0.980. The Morgan fingerprint density at radius 2 is 1.86 bits per heavy atom. The lowest BCUT2D eigenvalue weighted by molar-refractivity contribution is 0.181. The van der Waals surface area contributed by atoms with Crippen molar-refractivity contribution in [3.63, 3.8) is 0 Å². The van der Waals surface area contributed by atoms with Gasteiger partial charge in [-0.2, -0.15) is 0 Å². The average molecular weight is 288 g/mol. The van der Waals surface area contributed by atoms with Crippen molar-refractivity contribution in [1.82, 2.24) is 0 Å². The van der Waals surface area contributed by atoms with Gasteiger partial charge in [0.25, 0.3) is 0 Å². The molecule has 1 saturated carbocycles. The van der Waals surface area contributed by atoms with Crippen LogP contribution in [0.1, 0.15) is 77.7 Å². The number of ether oxygens (including phenoxy) is 1. The SMILES string of the molecule is CCCCC[C@@]1(c2ccc(OCC)cc2)CCCC[C@@H]1C. The fourth-order valence-electron chi connectivity index (χ4n) is 4.10. The molecule has 0 amide bonds. The van der Waals surface area contributed by atoms with Gasteiger partial charge >= 0.3 is 0 Å². The Labute approximate surface area is 131 Å². The van der Waals surface area contributed by atoms with E-state index in [1.807, 2.05) is 6.92 Å². The van der Waals surface area contributed by atoms with E-state index in [0.717, 1.165) is 18.3 Å². The highest BCUT2D eigenvalue weighted by molar-refractivity contribution is 5.33. The zero-order valence-corrected chi connectivity index (χ0v) is 14.2. The smallest absolute Gasteiger partial charge is 0.119 e. The van der Waals surface area contributed by atoms with Crippen molar-refractivity contribution in [3.05, 3.63) is 29.8 Å². The summed E-state index contributed by atoms with van der Waals surface area (Å²) >= 11 is 0. The summed E-state index contributed by atoms with van der Waals surface area (Å²) in [6.07, 6.45) is 11.0. The average Bonchev–Trinajstić information content (AvgIpc) is 2.51. The molecule has 0 radical (unpaired) electrons. The van der Waals surface area contributed by atoms with Gasteiger partial charge < -0.3 is 4.74 Å². The molecular formula is C20H32O. The third kappa shape index (κ3) is 3.81. The minimum atomic E-state index is 0.415. The van der Waals surface area contributed by atoms with Gasteiger partial charge in [-0.3, -0.25) is 0 Å². The maximum absolute atomic E-state index is 5.61. The molecule has 0 bridgehead atoms. The van der Waals surface area contributed by atoms with Gasteiger partial charge in [-0.15, -0.1) is 0 Å². The van der Waals surface area contributed by atoms with Crippen LogP contribution < -0.4 is 4.74 Å². The molecule has 1 nitrogen and oxygen atoms in total. The normalized spacial score (nSPS) is 25.8. The molecule has 1 aromatic rings. The van der Waals surface area contributed by atoms with Crippen LogP contribution in [0.4, 0.5) is 0 Å². The second-order valence-corrected chi connectivity index (χ2v) is 6.72. The van der Waals surface area contributed by atoms with E-state index in [4.69, 9.17) is 4.74 Å². The summed E-state index contributed by atoms with van der Waals surface area (Å²) in [6.45, 7) is 7.57. The standard InChI is InChI=1S/C20H32O/c1-4-6-8-15-20(16-9-7-10-17(20)3)18-11-13-19(14-12-18)21-5-2/h11-14,17H,4-10,15-16H2,1-3H3/t17-,20+/m0/s1. The van der Waals surface area contributed by atoms with Crippen LogP contribution >= 0.6 is 0 Å². The van der Waals surface area contributed by atoms with Gasteiger partial charge in [0.05, 0.1) is 6.61 Å². The van der Waals surface area contributed by atoms with Crippen molar-refractivity contribution in [2.45, 2.75) is 77.6 Å². The quantitative estimate of drug-likeness (QED) is 0.550. The Kier molecular flexibility index (Phi) is 6.14. The van der Waals surface area contributed by atoms with E-state index in [2.05, 4.69) is 38.1 Å². The molecule has 0 aliphatic heterocycles. The van der Waals surface area contributed by atoms with E-state index < -0.39 is 0 Å². The van der Waals surface area contributed by atoms with E-state index in [-0.39, 0.29) is 0 Å². The number of benzene rings is 1. The maximum Gasteiger partial charge on any atom is 0.119 e. The zero-order valence-electron chi connectivity index (χ0n) is 14.2. The predicted octanol–water partition coefficient (Wildman–Crippen LogP) is 6.11. The van der Waals surface area contributed by atoms with Crippen molar-refractivity contribution >= 4 is 0 Å². The van der Waals surface area contributed by atoms with Gasteiger partial charge in [-0.1, -0.05) is 58.1 Å². The number of hydrogen-bond donors (Lipinski definition) is 0. The van der Waals surface area contributed by atoms with Gasteiger partial charge in [-0.25, -0.2) is 0 Å². The highest BCUT2D eigenvalue weighted by Crippen LogP contribution is 2.47. The summed E-state index contributed by atoms with van der Waals surface area (Å²) in [5.41, 5.74) is 1.97. The van der Waals surface area contributed by atoms with Crippen LogP contribution in [-0.2, 0) is 5.41 Å². The molecule has 2 atom stereocenters. The fraction of sp³-hybridized carbons (Fsp3) is 0.700. The summed E-state index contributed by atoms with van der Waals surface area (Å²) in [5.74, 6) is 1.81. The van der Waals surface area contributed by atoms with E-state index in [1.165, 1.54) is 51.4 Å². The first-order valence-electron chi connectivity index (χ1n) is 8.96. The third-order valence-electron chi connectivity index (χ3n) is 5.42. The predicted molar refractivity (Wildman–Crippen MR) is 91.1 cm³/mol. The molecule has 0 aromatic heterocycles. The molecule has 0 N–H and O–H groups in total. The van der Waals surface area contributed by atoms with Crippen LogP contribution in [0.15, 0.2) is 24.3 Å². The lowest BCUT2D eigenvalue weighted by Crippen LogP contribution is -2.36. The molecule has 2 rings (SSSR count). The topological polar surface area (TPSA) is 9.23 Å². The lowest BCUT2D eigenvalue weighted by Gasteiger charge is -2.44. The van der Waals surface area contributed by atoms with Crippen molar-refractivity contribution in [1.29, 1.82) is 0 Å². The first-order valence-corrected chi connectivity index (χ1v) is 8.96. The monoisotopic (exact) mass is 288 g/mol. The Balaban J connectivity index is 2.21. The van der Waals surface area contributed by atoms with Crippen LogP contribution in [0.3, 0.4) is 0 Å². The zero-order chi connectivity index (χ0) is 15.1. The van der Waals surface area contributed by atoms with Gasteiger partial charge in [0.1, 0.15) is 5.75 Å². The van der Waals surface area contributed by atoms with Gasteiger partial charge in [0.15, 0.2) is 0 Å².